The largest absolute Gasteiger partial charge is 0.465 e. The second kappa shape index (κ2) is 7.58. The zero-order chi connectivity index (χ0) is 18.7. The Morgan fingerprint density at radius 1 is 1.12 bits per heavy atom. The topological polar surface area (TPSA) is 43.6 Å². The second-order valence-electron chi connectivity index (χ2n) is 5.94. The fraction of sp³-hybridized carbons (Fsp3) is 0.143. The van der Waals surface area contributed by atoms with Crippen LogP contribution in [0.15, 0.2) is 59.6 Å². The van der Waals surface area contributed by atoms with E-state index in [1.165, 1.54) is 7.11 Å². The molecule has 0 spiro atoms. The molecule has 2 aromatic carbocycles. The average molecular weight is 367 g/mol. The number of aryl methyl sites for hydroxylation is 1. The summed E-state index contributed by atoms with van der Waals surface area (Å²) < 4.78 is 6.84. The van der Waals surface area contributed by atoms with E-state index in [0.29, 0.717) is 10.6 Å². The molecule has 0 N–H and O–H groups in total. The Morgan fingerprint density at radius 2 is 1.85 bits per heavy atom. The molecule has 0 saturated carbocycles. The summed E-state index contributed by atoms with van der Waals surface area (Å²) in [4.78, 5) is 16.0. The Balaban J connectivity index is 1.88. The predicted octanol–water partition coefficient (Wildman–Crippen LogP) is 5.28. The minimum Gasteiger partial charge on any atom is -0.465 e. The van der Waals surface area contributed by atoms with Crippen LogP contribution in [0.1, 0.15) is 27.3 Å². The van der Waals surface area contributed by atoms with Crippen LogP contribution in [0.4, 0.5) is 5.69 Å². The first kappa shape index (κ1) is 18.0. The Morgan fingerprint density at radius 3 is 2.50 bits per heavy atom. The van der Waals surface area contributed by atoms with Crippen LogP contribution in [0, 0.1) is 13.8 Å². The first-order valence-corrected chi connectivity index (χ1v) is 8.54. The molecule has 0 aliphatic rings. The lowest BCUT2D eigenvalue weighted by Gasteiger charge is -2.09. The molecular formula is C21H19ClN2O2. The summed E-state index contributed by atoms with van der Waals surface area (Å²) in [6.45, 7) is 4.10. The number of benzene rings is 2. The third-order valence-electron chi connectivity index (χ3n) is 4.18. The van der Waals surface area contributed by atoms with E-state index in [0.717, 1.165) is 28.3 Å². The lowest BCUT2D eigenvalue weighted by Crippen LogP contribution is -2.00. The number of nitrogens with zero attached hydrogens (tertiary/aromatic N) is 2. The molecule has 3 rings (SSSR count). The zero-order valence-corrected chi connectivity index (χ0v) is 15.6. The van der Waals surface area contributed by atoms with Crippen LogP contribution in [0.5, 0.6) is 0 Å². The van der Waals surface area contributed by atoms with Gasteiger partial charge in [0.1, 0.15) is 0 Å². The summed E-state index contributed by atoms with van der Waals surface area (Å²) in [6, 6.07) is 16.8. The minimum atomic E-state index is -0.356. The third kappa shape index (κ3) is 3.70. The smallest absolute Gasteiger partial charge is 0.337 e. The van der Waals surface area contributed by atoms with Crippen LogP contribution in [-0.2, 0) is 4.74 Å². The molecule has 0 aliphatic heterocycles. The van der Waals surface area contributed by atoms with Gasteiger partial charge >= 0.3 is 5.97 Å². The third-order valence-corrected chi connectivity index (χ3v) is 4.41. The van der Waals surface area contributed by atoms with E-state index in [4.69, 9.17) is 16.3 Å². The number of ether oxygens (including phenoxy) is 1. The van der Waals surface area contributed by atoms with E-state index in [1.54, 1.807) is 24.3 Å². The zero-order valence-electron chi connectivity index (χ0n) is 14.9. The number of aromatic nitrogens is 1. The molecule has 0 amide bonds. The molecule has 0 aliphatic carbocycles. The molecule has 0 fully saturated rings. The fourth-order valence-electron chi connectivity index (χ4n) is 2.88. The number of hydrogen-bond acceptors (Lipinski definition) is 3. The number of hydrogen-bond donors (Lipinski definition) is 0. The maximum absolute atomic E-state index is 11.5. The molecule has 3 aromatic rings. The van der Waals surface area contributed by atoms with Crippen molar-refractivity contribution in [2.24, 2.45) is 4.99 Å². The van der Waals surface area contributed by atoms with E-state index >= 15 is 0 Å². The highest BCUT2D eigenvalue weighted by Crippen LogP contribution is 2.23. The fourth-order valence-corrected chi connectivity index (χ4v) is 3.06. The van der Waals surface area contributed by atoms with Gasteiger partial charge < -0.3 is 9.30 Å². The maximum atomic E-state index is 11.5. The Bertz CT molecular complexity index is 972. The van der Waals surface area contributed by atoms with Crippen molar-refractivity contribution in [2.45, 2.75) is 13.8 Å². The lowest BCUT2D eigenvalue weighted by molar-refractivity contribution is 0.0601. The van der Waals surface area contributed by atoms with Gasteiger partial charge in [-0.05, 0) is 62.4 Å². The van der Waals surface area contributed by atoms with Gasteiger partial charge in [-0.15, -0.1) is 0 Å². The molecule has 4 nitrogen and oxygen atoms in total. The maximum Gasteiger partial charge on any atom is 0.337 e. The van der Waals surface area contributed by atoms with Crippen molar-refractivity contribution in [3.8, 4) is 5.69 Å². The second-order valence-corrected chi connectivity index (χ2v) is 6.37. The Kier molecular flexibility index (Phi) is 5.24. The first-order valence-electron chi connectivity index (χ1n) is 8.17. The quantitative estimate of drug-likeness (QED) is 0.465. The van der Waals surface area contributed by atoms with Crippen LogP contribution in [-0.4, -0.2) is 23.9 Å². The molecule has 1 heterocycles. The van der Waals surface area contributed by atoms with Crippen molar-refractivity contribution in [1.82, 2.24) is 4.57 Å². The van der Waals surface area contributed by atoms with Crippen molar-refractivity contribution in [3.63, 3.8) is 0 Å². The van der Waals surface area contributed by atoms with Gasteiger partial charge in [0.05, 0.1) is 18.4 Å². The van der Waals surface area contributed by atoms with E-state index < -0.39 is 0 Å². The van der Waals surface area contributed by atoms with E-state index in [1.807, 2.05) is 30.5 Å². The van der Waals surface area contributed by atoms with Crippen molar-refractivity contribution in [3.05, 3.63) is 82.1 Å². The number of rotatable bonds is 4. The summed E-state index contributed by atoms with van der Waals surface area (Å²) in [5, 5.41) is 0.705. The molecule has 0 radical (unpaired) electrons. The van der Waals surface area contributed by atoms with Crippen LogP contribution in [0.2, 0.25) is 5.02 Å². The van der Waals surface area contributed by atoms with E-state index in [2.05, 4.69) is 29.5 Å². The van der Waals surface area contributed by atoms with Crippen LogP contribution in [0.3, 0.4) is 0 Å². The highest BCUT2D eigenvalue weighted by molar-refractivity contribution is 6.30. The van der Waals surface area contributed by atoms with Gasteiger partial charge in [-0.3, -0.25) is 4.99 Å². The highest BCUT2D eigenvalue weighted by atomic mass is 35.5. The van der Waals surface area contributed by atoms with Crippen molar-refractivity contribution < 1.29 is 9.53 Å². The molecule has 5 heteroatoms. The highest BCUT2D eigenvalue weighted by Gasteiger charge is 2.10. The van der Waals surface area contributed by atoms with Crippen LogP contribution < -0.4 is 0 Å². The predicted molar refractivity (Wildman–Crippen MR) is 105 cm³/mol. The number of carbonyl (C=O) groups excluding carboxylic acids is 1. The van der Waals surface area contributed by atoms with Crippen LogP contribution >= 0.6 is 11.6 Å². The summed E-state index contributed by atoms with van der Waals surface area (Å²) in [7, 11) is 1.37. The van der Waals surface area contributed by atoms with Crippen molar-refractivity contribution in [2.75, 3.05) is 7.11 Å². The van der Waals surface area contributed by atoms with Crippen molar-refractivity contribution in [1.29, 1.82) is 0 Å². The standard InChI is InChI=1S/C21H19ClN2O2/c1-14-11-17(15(2)24(14)20-6-4-5-18(22)12-20)13-23-19-9-7-16(8-10-19)21(25)26-3/h4-13H,1-3H3. The molecule has 0 unspecified atom stereocenters. The number of aliphatic imine (C=N–C) groups is 1. The SMILES string of the molecule is COC(=O)c1ccc(N=Cc2cc(C)n(-c3cccc(Cl)c3)c2C)cc1. The molecule has 26 heavy (non-hydrogen) atoms. The molecular weight excluding hydrogens is 348 g/mol. The van der Waals surface area contributed by atoms with Gasteiger partial charge in [0, 0.05) is 33.9 Å². The van der Waals surface area contributed by atoms with Gasteiger partial charge in [0.15, 0.2) is 0 Å². The molecule has 0 saturated heterocycles. The molecule has 132 valence electrons. The molecule has 0 atom stereocenters. The number of carbonyl (C=O) groups is 1. The lowest BCUT2D eigenvalue weighted by atomic mass is 10.2. The van der Waals surface area contributed by atoms with E-state index in [9.17, 15) is 4.79 Å². The molecule has 0 bridgehead atoms. The number of esters is 1. The Hall–Kier alpha value is -2.85. The normalized spacial score (nSPS) is 11.1. The number of halogens is 1. The van der Waals surface area contributed by atoms with Gasteiger partial charge in [0.25, 0.3) is 0 Å². The van der Waals surface area contributed by atoms with Gasteiger partial charge in [-0.1, -0.05) is 17.7 Å². The summed E-state index contributed by atoms with van der Waals surface area (Å²) in [5.41, 5.74) is 5.51. The Labute approximate surface area is 157 Å². The average Bonchev–Trinajstić information content (AvgIpc) is 2.93. The van der Waals surface area contributed by atoms with Crippen molar-refractivity contribution >= 4 is 29.5 Å². The van der Waals surface area contributed by atoms with Gasteiger partial charge in [0.2, 0.25) is 0 Å². The monoisotopic (exact) mass is 366 g/mol. The summed E-state index contributed by atoms with van der Waals surface area (Å²) in [5.74, 6) is -0.356. The summed E-state index contributed by atoms with van der Waals surface area (Å²) in [6.07, 6.45) is 1.83. The van der Waals surface area contributed by atoms with Gasteiger partial charge in [-0.25, -0.2) is 4.79 Å². The molecule has 1 aromatic heterocycles. The summed E-state index contributed by atoms with van der Waals surface area (Å²) >= 11 is 6.12. The van der Waals surface area contributed by atoms with Crippen LogP contribution in [0.25, 0.3) is 5.69 Å². The first-order chi connectivity index (χ1) is 12.5. The van der Waals surface area contributed by atoms with Gasteiger partial charge in [-0.2, -0.15) is 0 Å². The van der Waals surface area contributed by atoms with E-state index in [-0.39, 0.29) is 5.97 Å². The number of methoxy groups -OCH3 is 1. The minimum absolute atomic E-state index is 0.356.